The molecule has 1 aromatic rings. The largest absolute Gasteiger partial charge is 0.490 e. The van der Waals surface area contributed by atoms with Crippen LogP contribution < -0.4 is 20.5 Å². The minimum atomic E-state index is -0.145. The van der Waals surface area contributed by atoms with Crippen LogP contribution in [0.3, 0.4) is 0 Å². The van der Waals surface area contributed by atoms with Crippen molar-refractivity contribution in [3.05, 3.63) is 23.8 Å². The van der Waals surface area contributed by atoms with E-state index in [2.05, 4.69) is 5.32 Å². The molecule has 1 rings (SSSR count). The van der Waals surface area contributed by atoms with Gasteiger partial charge in [-0.3, -0.25) is 4.79 Å². The Morgan fingerprint density at radius 1 is 1.35 bits per heavy atom. The van der Waals surface area contributed by atoms with E-state index in [1.807, 2.05) is 39.0 Å². The molecule has 0 saturated carbocycles. The standard InChI is InChI=1S/C15H24N2O3/c1-4-19-13-7-5-6-12(8-16)15(13)20-10-14(18)17-9-11(2)3/h5-7,11H,4,8-10,16H2,1-3H3,(H,17,18). The molecule has 0 saturated heterocycles. The summed E-state index contributed by atoms with van der Waals surface area (Å²) in [6.45, 7) is 7.45. The first-order valence-electron chi connectivity index (χ1n) is 6.92. The third kappa shape index (κ3) is 5.09. The number of carbonyl (C=O) groups excluding carboxylic acids is 1. The third-order valence-corrected chi connectivity index (χ3v) is 2.64. The molecule has 112 valence electrons. The summed E-state index contributed by atoms with van der Waals surface area (Å²) >= 11 is 0. The van der Waals surface area contributed by atoms with Gasteiger partial charge in [0.2, 0.25) is 0 Å². The summed E-state index contributed by atoms with van der Waals surface area (Å²) < 4.78 is 11.1. The van der Waals surface area contributed by atoms with Crippen molar-refractivity contribution in [2.24, 2.45) is 11.7 Å². The molecule has 0 fully saturated rings. The van der Waals surface area contributed by atoms with Crippen molar-refractivity contribution in [1.82, 2.24) is 5.32 Å². The van der Waals surface area contributed by atoms with Crippen LogP contribution in [0.1, 0.15) is 26.3 Å². The molecule has 0 aromatic heterocycles. The van der Waals surface area contributed by atoms with Gasteiger partial charge in [0.25, 0.3) is 5.91 Å². The van der Waals surface area contributed by atoms with Gasteiger partial charge in [-0.05, 0) is 18.9 Å². The Kier molecular flexibility index (Phi) is 6.87. The highest BCUT2D eigenvalue weighted by Crippen LogP contribution is 2.31. The second kappa shape index (κ2) is 8.43. The molecule has 0 aliphatic rings. The summed E-state index contributed by atoms with van der Waals surface area (Å²) in [5.74, 6) is 1.44. The van der Waals surface area contributed by atoms with Crippen molar-refractivity contribution in [2.45, 2.75) is 27.3 Å². The van der Waals surface area contributed by atoms with E-state index in [1.165, 1.54) is 0 Å². The Labute approximate surface area is 120 Å². The maximum Gasteiger partial charge on any atom is 0.257 e. The minimum absolute atomic E-state index is 0.0379. The van der Waals surface area contributed by atoms with Crippen molar-refractivity contribution < 1.29 is 14.3 Å². The summed E-state index contributed by atoms with van der Waals surface area (Å²) in [5.41, 5.74) is 6.51. The Hall–Kier alpha value is -1.75. The average molecular weight is 280 g/mol. The molecular weight excluding hydrogens is 256 g/mol. The highest BCUT2D eigenvalue weighted by atomic mass is 16.5. The van der Waals surface area contributed by atoms with Crippen LogP contribution in [0, 0.1) is 5.92 Å². The lowest BCUT2D eigenvalue weighted by atomic mass is 10.2. The van der Waals surface area contributed by atoms with E-state index in [4.69, 9.17) is 15.2 Å². The summed E-state index contributed by atoms with van der Waals surface area (Å²) in [4.78, 5) is 11.7. The first kappa shape index (κ1) is 16.3. The number of hydrogen-bond donors (Lipinski definition) is 2. The van der Waals surface area contributed by atoms with Gasteiger partial charge in [0.05, 0.1) is 6.61 Å². The SMILES string of the molecule is CCOc1cccc(CN)c1OCC(=O)NCC(C)C. The van der Waals surface area contributed by atoms with Gasteiger partial charge in [-0.25, -0.2) is 0 Å². The molecule has 1 aromatic carbocycles. The van der Waals surface area contributed by atoms with Crippen LogP contribution in [-0.4, -0.2) is 25.7 Å². The molecule has 0 spiro atoms. The molecule has 20 heavy (non-hydrogen) atoms. The van der Waals surface area contributed by atoms with Crippen LogP contribution in [0.5, 0.6) is 11.5 Å². The fourth-order valence-corrected chi connectivity index (χ4v) is 1.66. The van der Waals surface area contributed by atoms with Crippen molar-refractivity contribution in [2.75, 3.05) is 19.8 Å². The molecule has 3 N–H and O–H groups in total. The monoisotopic (exact) mass is 280 g/mol. The maximum atomic E-state index is 11.7. The van der Waals surface area contributed by atoms with E-state index >= 15 is 0 Å². The van der Waals surface area contributed by atoms with E-state index in [9.17, 15) is 4.79 Å². The molecule has 0 atom stereocenters. The zero-order valence-electron chi connectivity index (χ0n) is 12.4. The fourth-order valence-electron chi connectivity index (χ4n) is 1.66. The highest BCUT2D eigenvalue weighted by Gasteiger charge is 2.12. The van der Waals surface area contributed by atoms with Crippen molar-refractivity contribution >= 4 is 5.91 Å². The quantitative estimate of drug-likeness (QED) is 0.760. The van der Waals surface area contributed by atoms with Gasteiger partial charge < -0.3 is 20.5 Å². The maximum absolute atomic E-state index is 11.7. The molecule has 0 unspecified atom stereocenters. The lowest BCUT2D eigenvalue weighted by Gasteiger charge is -2.15. The van der Waals surface area contributed by atoms with Crippen LogP contribution in [0.2, 0.25) is 0 Å². The van der Waals surface area contributed by atoms with Crippen LogP contribution >= 0.6 is 0 Å². The predicted octanol–water partition coefficient (Wildman–Crippen LogP) is 1.69. The van der Waals surface area contributed by atoms with Gasteiger partial charge in [0, 0.05) is 18.7 Å². The molecule has 5 nitrogen and oxygen atoms in total. The number of nitrogens with one attached hydrogen (secondary N) is 1. The van der Waals surface area contributed by atoms with E-state index in [-0.39, 0.29) is 12.5 Å². The number of carbonyl (C=O) groups is 1. The Morgan fingerprint density at radius 2 is 2.10 bits per heavy atom. The Balaban J connectivity index is 2.68. The van der Waals surface area contributed by atoms with Gasteiger partial charge in [0.1, 0.15) is 0 Å². The second-order valence-electron chi connectivity index (χ2n) is 4.87. The molecular formula is C15H24N2O3. The van der Waals surface area contributed by atoms with Crippen LogP contribution in [0.25, 0.3) is 0 Å². The van der Waals surface area contributed by atoms with Crippen LogP contribution in [-0.2, 0) is 11.3 Å². The number of nitrogens with two attached hydrogens (primary N) is 1. The molecule has 5 heteroatoms. The molecule has 0 radical (unpaired) electrons. The zero-order valence-corrected chi connectivity index (χ0v) is 12.4. The van der Waals surface area contributed by atoms with Gasteiger partial charge in [-0.2, -0.15) is 0 Å². The lowest BCUT2D eigenvalue weighted by Crippen LogP contribution is -2.32. The normalized spacial score (nSPS) is 10.4. The second-order valence-corrected chi connectivity index (χ2v) is 4.87. The first-order chi connectivity index (χ1) is 9.58. The summed E-state index contributed by atoms with van der Waals surface area (Å²) in [5, 5.41) is 2.81. The van der Waals surface area contributed by atoms with Crippen molar-refractivity contribution in [3.63, 3.8) is 0 Å². The highest BCUT2D eigenvalue weighted by molar-refractivity contribution is 5.77. The number of para-hydroxylation sites is 1. The number of hydrogen-bond acceptors (Lipinski definition) is 4. The summed E-state index contributed by atoms with van der Waals surface area (Å²) in [7, 11) is 0. The van der Waals surface area contributed by atoms with Gasteiger partial charge in [-0.1, -0.05) is 26.0 Å². The van der Waals surface area contributed by atoms with E-state index < -0.39 is 0 Å². The third-order valence-electron chi connectivity index (χ3n) is 2.64. The van der Waals surface area contributed by atoms with E-state index in [0.717, 1.165) is 5.56 Å². The minimum Gasteiger partial charge on any atom is -0.490 e. The molecule has 0 heterocycles. The van der Waals surface area contributed by atoms with Crippen molar-refractivity contribution in [3.8, 4) is 11.5 Å². The van der Waals surface area contributed by atoms with Crippen molar-refractivity contribution in [1.29, 1.82) is 0 Å². The summed E-state index contributed by atoms with van der Waals surface area (Å²) in [6.07, 6.45) is 0. The first-order valence-corrected chi connectivity index (χ1v) is 6.92. The van der Waals surface area contributed by atoms with Crippen LogP contribution in [0.4, 0.5) is 0 Å². The molecule has 0 aliphatic heterocycles. The van der Waals surface area contributed by atoms with Crippen LogP contribution in [0.15, 0.2) is 18.2 Å². The predicted molar refractivity (Wildman–Crippen MR) is 78.8 cm³/mol. The van der Waals surface area contributed by atoms with Gasteiger partial charge in [-0.15, -0.1) is 0 Å². The van der Waals surface area contributed by atoms with E-state index in [0.29, 0.717) is 37.1 Å². The van der Waals surface area contributed by atoms with Gasteiger partial charge in [0.15, 0.2) is 18.1 Å². The zero-order chi connectivity index (χ0) is 15.0. The molecule has 1 amide bonds. The number of rotatable bonds is 8. The van der Waals surface area contributed by atoms with E-state index in [1.54, 1.807) is 0 Å². The molecule has 0 bridgehead atoms. The number of amides is 1. The molecule has 0 aliphatic carbocycles. The number of ether oxygens (including phenoxy) is 2. The summed E-state index contributed by atoms with van der Waals surface area (Å²) in [6, 6.07) is 5.53. The fraction of sp³-hybridized carbons (Fsp3) is 0.533. The van der Waals surface area contributed by atoms with Gasteiger partial charge >= 0.3 is 0 Å². The smallest absolute Gasteiger partial charge is 0.257 e. The number of benzene rings is 1. The Bertz CT molecular complexity index is 433. The lowest BCUT2D eigenvalue weighted by molar-refractivity contribution is -0.123. The average Bonchev–Trinajstić information content (AvgIpc) is 2.43. The topological polar surface area (TPSA) is 73.6 Å². The Morgan fingerprint density at radius 3 is 2.70 bits per heavy atom.